The molecule has 0 unspecified atom stereocenters. The maximum absolute atomic E-state index is 12.9. The average Bonchev–Trinajstić information content (AvgIpc) is 3.26. The van der Waals surface area contributed by atoms with Gasteiger partial charge in [-0.05, 0) is 24.3 Å². The molecule has 2 heterocycles. The molecule has 4 aromatic rings. The highest BCUT2D eigenvalue weighted by atomic mass is 32.2. The molecule has 0 radical (unpaired) electrons. The van der Waals surface area contributed by atoms with Gasteiger partial charge < -0.3 is 14.3 Å². The molecule has 0 saturated heterocycles. The van der Waals surface area contributed by atoms with Crippen molar-refractivity contribution in [3.8, 4) is 0 Å². The number of carbonyl (C=O) groups excluding carboxylic acids is 1. The fraction of sp³-hybridized carbons (Fsp3) is 0.200. The second kappa shape index (κ2) is 7.58. The van der Waals surface area contributed by atoms with Crippen LogP contribution in [0, 0.1) is 0 Å². The van der Waals surface area contributed by atoms with Crippen LogP contribution in [0.5, 0.6) is 0 Å². The van der Waals surface area contributed by atoms with Crippen LogP contribution in [-0.4, -0.2) is 43.8 Å². The van der Waals surface area contributed by atoms with Gasteiger partial charge in [-0.1, -0.05) is 29.5 Å². The number of nitrogens with zero attached hydrogens (tertiary/aromatic N) is 2. The van der Waals surface area contributed by atoms with E-state index in [0.717, 1.165) is 21.1 Å². The van der Waals surface area contributed by atoms with Crippen LogP contribution in [0.4, 0.5) is 0 Å². The lowest BCUT2D eigenvalue weighted by molar-refractivity contribution is 0.0999. The van der Waals surface area contributed by atoms with Gasteiger partial charge in [-0.15, -0.1) is 0 Å². The van der Waals surface area contributed by atoms with Gasteiger partial charge in [0, 0.05) is 37.0 Å². The van der Waals surface area contributed by atoms with Crippen LogP contribution in [0.15, 0.2) is 58.5 Å². The predicted octanol–water partition coefficient (Wildman–Crippen LogP) is 2.98. The number of amides is 1. The molecule has 0 bridgehead atoms. The van der Waals surface area contributed by atoms with Crippen LogP contribution in [0.3, 0.4) is 0 Å². The van der Waals surface area contributed by atoms with E-state index in [4.69, 9.17) is 4.74 Å². The number of hydrogen-bond acceptors (Lipinski definition) is 5. The summed E-state index contributed by atoms with van der Waals surface area (Å²) in [6, 6.07) is 12.5. The smallest absolute Gasteiger partial charge is 0.281 e. The van der Waals surface area contributed by atoms with E-state index in [-0.39, 0.29) is 10.8 Å². The summed E-state index contributed by atoms with van der Waals surface area (Å²) in [5, 5.41) is 0.810. The first-order valence-electron chi connectivity index (χ1n) is 8.86. The molecule has 0 spiro atoms. The number of hydrogen-bond donors (Lipinski definition) is 1. The minimum Gasteiger partial charge on any atom is -0.383 e. The van der Waals surface area contributed by atoms with Crippen molar-refractivity contribution in [2.75, 3.05) is 20.0 Å². The van der Waals surface area contributed by atoms with E-state index < -0.39 is 9.84 Å². The largest absolute Gasteiger partial charge is 0.383 e. The molecule has 4 rings (SSSR count). The second-order valence-corrected chi connectivity index (χ2v) is 9.62. The second-order valence-electron chi connectivity index (χ2n) is 6.60. The zero-order valence-electron chi connectivity index (χ0n) is 15.9. The fourth-order valence-electron chi connectivity index (χ4n) is 3.16. The van der Waals surface area contributed by atoms with Crippen LogP contribution < -0.4 is 4.80 Å². The summed E-state index contributed by atoms with van der Waals surface area (Å²) in [5.41, 5.74) is 2.17. The summed E-state index contributed by atoms with van der Waals surface area (Å²) in [4.78, 5) is 21.1. The number of aromatic amines is 1. The summed E-state index contributed by atoms with van der Waals surface area (Å²) >= 11 is 1.28. The van der Waals surface area contributed by atoms with Gasteiger partial charge in [-0.2, -0.15) is 4.99 Å². The Hall–Kier alpha value is -2.75. The van der Waals surface area contributed by atoms with Crippen LogP contribution >= 0.6 is 11.3 Å². The minimum absolute atomic E-state index is 0.236. The van der Waals surface area contributed by atoms with Crippen LogP contribution in [-0.2, 0) is 21.1 Å². The molecule has 1 N–H and O–H groups in total. The number of carbonyl (C=O) groups is 1. The van der Waals surface area contributed by atoms with Crippen LogP contribution in [0.25, 0.3) is 21.1 Å². The zero-order valence-corrected chi connectivity index (χ0v) is 17.5. The number of H-pyrrole nitrogens is 1. The standard InChI is InChI=1S/C20H19N3O4S2/c1-27-10-9-23-17-8-7-13(29(2,25)26)11-18(17)28-20(23)22-19(24)15-12-21-16-6-4-3-5-14(15)16/h3-8,11-12,21H,9-10H2,1-2H3. The normalized spacial score (nSPS) is 12.8. The van der Waals surface area contributed by atoms with Gasteiger partial charge in [0.2, 0.25) is 0 Å². The molecule has 2 aromatic carbocycles. The van der Waals surface area contributed by atoms with Gasteiger partial charge >= 0.3 is 0 Å². The first-order chi connectivity index (χ1) is 13.9. The number of sulfone groups is 1. The molecule has 0 aliphatic heterocycles. The van der Waals surface area contributed by atoms with Crippen molar-refractivity contribution >= 4 is 48.2 Å². The van der Waals surface area contributed by atoms with Gasteiger partial charge in [0.15, 0.2) is 14.6 Å². The third-order valence-electron chi connectivity index (χ3n) is 4.62. The number of methoxy groups -OCH3 is 1. The predicted molar refractivity (Wildman–Crippen MR) is 113 cm³/mol. The number of fused-ring (bicyclic) bond motifs is 2. The molecule has 0 aliphatic carbocycles. The lowest BCUT2D eigenvalue weighted by atomic mass is 10.2. The van der Waals surface area contributed by atoms with E-state index in [1.807, 2.05) is 28.8 Å². The summed E-state index contributed by atoms with van der Waals surface area (Å²) in [5.74, 6) is -0.358. The zero-order chi connectivity index (χ0) is 20.6. The van der Waals surface area contributed by atoms with Gasteiger partial charge in [-0.3, -0.25) is 4.79 Å². The quantitative estimate of drug-likeness (QED) is 0.528. The maximum Gasteiger partial charge on any atom is 0.281 e. The molecular weight excluding hydrogens is 410 g/mol. The van der Waals surface area contributed by atoms with E-state index in [9.17, 15) is 13.2 Å². The Labute approximate surface area is 171 Å². The molecule has 0 aliphatic rings. The number of ether oxygens (including phenoxy) is 1. The minimum atomic E-state index is -3.33. The van der Waals surface area contributed by atoms with Crippen LogP contribution in [0.2, 0.25) is 0 Å². The Morgan fingerprint density at radius 3 is 2.79 bits per heavy atom. The van der Waals surface area contributed by atoms with Gasteiger partial charge in [-0.25, -0.2) is 8.42 Å². The average molecular weight is 430 g/mol. The van der Waals surface area contributed by atoms with Crippen molar-refractivity contribution in [2.45, 2.75) is 11.4 Å². The van der Waals surface area contributed by atoms with E-state index in [0.29, 0.717) is 23.5 Å². The Bertz CT molecular complexity index is 1390. The highest BCUT2D eigenvalue weighted by Crippen LogP contribution is 2.23. The van der Waals surface area contributed by atoms with Gasteiger partial charge in [0.25, 0.3) is 5.91 Å². The van der Waals surface area contributed by atoms with Crippen molar-refractivity contribution in [3.63, 3.8) is 0 Å². The Balaban J connectivity index is 1.87. The van der Waals surface area contributed by atoms with Crippen LogP contribution in [0.1, 0.15) is 10.4 Å². The van der Waals surface area contributed by atoms with Crippen molar-refractivity contribution in [1.82, 2.24) is 9.55 Å². The molecule has 0 atom stereocenters. The molecule has 7 nitrogen and oxygen atoms in total. The number of thiazole rings is 1. The third kappa shape index (κ3) is 3.76. The number of aromatic nitrogens is 2. The third-order valence-corrected chi connectivity index (χ3v) is 6.77. The highest BCUT2D eigenvalue weighted by molar-refractivity contribution is 7.90. The summed E-state index contributed by atoms with van der Waals surface area (Å²) < 4.78 is 31.6. The number of benzene rings is 2. The fourth-order valence-corrected chi connectivity index (χ4v) is 4.98. The molecule has 0 saturated carbocycles. The SMILES string of the molecule is COCCn1c(=NC(=O)c2c[nH]c3ccccc23)sc2cc(S(C)(=O)=O)ccc21. The molecule has 9 heteroatoms. The number of para-hydroxylation sites is 1. The molecule has 2 aromatic heterocycles. The van der Waals surface area contributed by atoms with Crippen molar-refractivity contribution in [1.29, 1.82) is 0 Å². The number of rotatable bonds is 5. The van der Waals surface area contributed by atoms with E-state index in [2.05, 4.69) is 9.98 Å². The van der Waals surface area contributed by atoms with Gasteiger partial charge in [0.1, 0.15) is 0 Å². The molecule has 1 amide bonds. The summed E-state index contributed by atoms with van der Waals surface area (Å²) in [6.45, 7) is 0.933. The lowest BCUT2D eigenvalue weighted by Gasteiger charge is -2.05. The Kier molecular flexibility index (Phi) is 5.12. The van der Waals surface area contributed by atoms with Crippen molar-refractivity contribution in [3.05, 3.63) is 59.0 Å². The maximum atomic E-state index is 12.9. The lowest BCUT2D eigenvalue weighted by Crippen LogP contribution is -2.19. The first kappa shape index (κ1) is 19.6. The van der Waals surface area contributed by atoms with E-state index in [1.165, 1.54) is 17.6 Å². The Morgan fingerprint density at radius 1 is 1.24 bits per heavy atom. The number of nitrogens with one attached hydrogen (secondary N) is 1. The summed E-state index contributed by atoms with van der Waals surface area (Å²) in [6.07, 6.45) is 2.83. The molecule has 0 fully saturated rings. The van der Waals surface area contributed by atoms with E-state index >= 15 is 0 Å². The highest BCUT2D eigenvalue weighted by Gasteiger charge is 2.15. The summed E-state index contributed by atoms with van der Waals surface area (Å²) in [7, 11) is -1.72. The Morgan fingerprint density at radius 2 is 2.03 bits per heavy atom. The van der Waals surface area contributed by atoms with Crippen molar-refractivity contribution < 1.29 is 17.9 Å². The van der Waals surface area contributed by atoms with E-state index in [1.54, 1.807) is 31.5 Å². The van der Waals surface area contributed by atoms with Gasteiger partial charge in [0.05, 0.1) is 27.3 Å². The topological polar surface area (TPSA) is 93.5 Å². The monoisotopic (exact) mass is 429 g/mol. The molecule has 150 valence electrons. The van der Waals surface area contributed by atoms with Crippen molar-refractivity contribution in [2.24, 2.45) is 4.99 Å². The first-order valence-corrected chi connectivity index (χ1v) is 11.6. The molecular formula is C20H19N3O4S2. The molecule has 29 heavy (non-hydrogen) atoms.